The molecule has 0 aliphatic heterocycles. The molecule has 0 aliphatic carbocycles. The molecule has 13 heavy (non-hydrogen) atoms. The average molecular weight is 190 g/mol. The van der Waals surface area contributed by atoms with Gasteiger partial charge in [0.1, 0.15) is 0 Å². The Morgan fingerprint density at radius 1 is 0.615 bits per heavy atom. The summed E-state index contributed by atoms with van der Waals surface area (Å²) in [6.07, 6.45) is 8.18. The Morgan fingerprint density at radius 3 is 0.923 bits per heavy atom. The molecule has 0 atom stereocenters. The largest absolute Gasteiger partial charge is 0.397 e. The molecule has 0 aromatic carbocycles. The van der Waals surface area contributed by atoms with E-state index >= 15 is 0 Å². The third-order valence-corrected chi connectivity index (χ3v) is 1.46. The van der Waals surface area contributed by atoms with E-state index in [-0.39, 0.29) is 6.61 Å². The fourth-order valence-electron chi connectivity index (χ4n) is 0.500. The predicted molar refractivity (Wildman–Crippen MR) is 63.2 cm³/mol. The number of hydrogen-bond acceptors (Lipinski definition) is 1. The van der Waals surface area contributed by atoms with Gasteiger partial charge in [-0.2, -0.15) is 0 Å². The summed E-state index contributed by atoms with van der Waals surface area (Å²) >= 11 is 0. The third kappa shape index (κ3) is 75.7. The average Bonchev–Trinajstić information content (AvgIpc) is 2.16. The summed E-state index contributed by atoms with van der Waals surface area (Å²) in [6.45, 7) is 10.8. The van der Waals surface area contributed by atoms with E-state index in [0.29, 0.717) is 0 Å². The molecule has 0 fully saturated rings. The lowest BCUT2D eigenvalue weighted by molar-refractivity contribution is 0.318. The van der Waals surface area contributed by atoms with Gasteiger partial charge in [0.15, 0.2) is 0 Å². The molecule has 1 N–H and O–H groups in total. The van der Waals surface area contributed by atoms with Gasteiger partial charge in [-0.05, 0) is 6.92 Å². The molecule has 0 aromatic rings. The second-order valence-corrected chi connectivity index (χ2v) is 3.02. The smallest absolute Gasteiger partial charge is 0.0402 e. The van der Waals surface area contributed by atoms with Gasteiger partial charge in [-0.1, -0.05) is 66.2 Å². The summed E-state index contributed by atoms with van der Waals surface area (Å²) in [5, 5.41) is 7.57. The van der Waals surface area contributed by atoms with Crippen molar-refractivity contribution in [1.29, 1.82) is 0 Å². The predicted octanol–water partition coefficient (Wildman–Crippen LogP) is 4.39. The minimum atomic E-state index is 0.250. The van der Waals surface area contributed by atoms with Gasteiger partial charge in [-0.25, -0.2) is 0 Å². The van der Waals surface area contributed by atoms with Crippen molar-refractivity contribution >= 4 is 0 Å². The second-order valence-electron chi connectivity index (χ2n) is 3.02. The first-order valence-corrected chi connectivity index (χ1v) is 5.85. The summed E-state index contributed by atoms with van der Waals surface area (Å²) in [5.74, 6) is 0. The summed E-state index contributed by atoms with van der Waals surface area (Å²) in [6, 6.07) is 0. The quantitative estimate of drug-likeness (QED) is 0.652. The van der Waals surface area contributed by atoms with Gasteiger partial charge in [-0.3, -0.25) is 0 Å². The van der Waals surface area contributed by atoms with Crippen LogP contribution in [-0.4, -0.2) is 11.7 Å². The minimum absolute atomic E-state index is 0.250. The topological polar surface area (TPSA) is 20.2 Å². The van der Waals surface area contributed by atoms with Crippen LogP contribution in [0.4, 0.5) is 0 Å². The molecule has 1 nitrogen and oxygen atoms in total. The molecular formula is C12H30O. The number of rotatable bonds is 4. The van der Waals surface area contributed by atoms with E-state index in [1.807, 2.05) is 0 Å². The Labute approximate surface area is 85.6 Å². The van der Waals surface area contributed by atoms with E-state index in [9.17, 15) is 0 Å². The summed E-state index contributed by atoms with van der Waals surface area (Å²) in [7, 11) is 0. The lowest BCUT2D eigenvalue weighted by atomic mass is 10.2. The van der Waals surface area contributed by atoms with Gasteiger partial charge in [0.25, 0.3) is 0 Å². The first-order valence-electron chi connectivity index (χ1n) is 5.85. The van der Waals surface area contributed by atoms with Crippen molar-refractivity contribution in [3.05, 3.63) is 0 Å². The summed E-state index contributed by atoms with van der Waals surface area (Å²) in [4.78, 5) is 0. The van der Waals surface area contributed by atoms with Crippen molar-refractivity contribution in [2.45, 2.75) is 73.1 Å². The van der Waals surface area contributed by atoms with Crippen LogP contribution >= 0.6 is 0 Å². The van der Waals surface area contributed by atoms with Crippen molar-refractivity contribution in [2.24, 2.45) is 0 Å². The highest BCUT2D eigenvalue weighted by Crippen LogP contribution is 1.95. The maximum atomic E-state index is 7.57. The molecule has 0 amide bonds. The zero-order valence-electron chi connectivity index (χ0n) is 10.4. The van der Waals surface area contributed by atoms with Crippen LogP contribution < -0.4 is 0 Å². The van der Waals surface area contributed by atoms with Crippen molar-refractivity contribution in [3.8, 4) is 0 Å². The molecule has 0 spiro atoms. The number of aliphatic hydroxyl groups excluding tert-OH is 1. The number of aliphatic hydroxyl groups is 1. The monoisotopic (exact) mass is 190 g/mol. The Bertz CT molecular complexity index is 38.4. The maximum Gasteiger partial charge on any atom is 0.0402 e. The van der Waals surface area contributed by atoms with Crippen molar-refractivity contribution in [1.82, 2.24) is 0 Å². The Hall–Kier alpha value is -0.0400. The van der Waals surface area contributed by atoms with Crippen LogP contribution in [0.15, 0.2) is 0 Å². The zero-order valence-corrected chi connectivity index (χ0v) is 10.4. The third-order valence-electron chi connectivity index (χ3n) is 1.46. The maximum absolute atomic E-state index is 7.57. The van der Waals surface area contributed by atoms with E-state index < -0.39 is 0 Å². The van der Waals surface area contributed by atoms with Gasteiger partial charge in [-0.15, -0.1) is 0 Å². The lowest BCUT2D eigenvalue weighted by Gasteiger charge is -1.86. The van der Waals surface area contributed by atoms with Crippen LogP contribution in [0.25, 0.3) is 0 Å². The molecule has 0 rings (SSSR count). The molecule has 84 valence electrons. The van der Waals surface area contributed by atoms with Crippen LogP contribution in [0.1, 0.15) is 73.1 Å². The van der Waals surface area contributed by atoms with Crippen LogP contribution in [0, 0.1) is 0 Å². The molecule has 0 unspecified atom stereocenters. The molecule has 0 saturated heterocycles. The van der Waals surface area contributed by atoms with Gasteiger partial charge < -0.3 is 5.11 Å². The minimum Gasteiger partial charge on any atom is -0.397 e. The fourth-order valence-corrected chi connectivity index (χ4v) is 0.500. The molecule has 0 saturated carbocycles. The molecule has 0 radical (unpaired) electrons. The van der Waals surface area contributed by atoms with Crippen molar-refractivity contribution < 1.29 is 5.11 Å². The molecule has 1 heteroatoms. The van der Waals surface area contributed by atoms with Crippen LogP contribution in [0.5, 0.6) is 0 Å². The van der Waals surface area contributed by atoms with Gasteiger partial charge in [0, 0.05) is 6.61 Å². The summed E-state index contributed by atoms with van der Waals surface area (Å²) < 4.78 is 0. The molecule has 0 bridgehead atoms. The molecule has 0 aromatic heterocycles. The van der Waals surface area contributed by atoms with Gasteiger partial charge in [0.2, 0.25) is 0 Å². The highest BCUT2D eigenvalue weighted by Gasteiger charge is 1.75. The zero-order chi connectivity index (χ0) is 10.9. The van der Waals surface area contributed by atoms with E-state index in [1.54, 1.807) is 6.92 Å². The number of unbranched alkanes of at least 4 members (excludes halogenated alkanes) is 4. The Kier molecular flexibility index (Phi) is 42.6. The first kappa shape index (κ1) is 18.7. The summed E-state index contributed by atoms with van der Waals surface area (Å²) in [5.41, 5.74) is 0. The van der Waals surface area contributed by atoms with Crippen molar-refractivity contribution in [2.75, 3.05) is 6.61 Å². The van der Waals surface area contributed by atoms with Crippen LogP contribution in [-0.2, 0) is 0 Å². The molecule has 0 heterocycles. The van der Waals surface area contributed by atoms with Gasteiger partial charge in [0.05, 0.1) is 0 Å². The standard InChI is InChI=1S/C6H14.C4H10.C2H6O/c1-3-5-6-4-2;1-3-4-2;1-2-3/h3-6H2,1-2H3;3-4H2,1-2H3;3H,2H2,1H3. The first-order chi connectivity index (χ1) is 6.24. The highest BCUT2D eigenvalue weighted by molar-refractivity contribution is 4.31. The van der Waals surface area contributed by atoms with E-state index in [1.165, 1.54) is 38.5 Å². The second kappa shape index (κ2) is 29.7. The fraction of sp³-hybridized carbons (Fsp3) is 1.00. The van der Waals surface area contributed by atoms with E-state index in [0.717, 1.165) is 0 Å². The SMILES string of the molecule is CCCC.CCCCCC.CCO. The van der Waals surface area contributed by atoms with Crippen LogP contribution in [0.3, 0.4) is 0 Å². The van der Waals surface area contributed by atoms with E-state index in [4.69, 9.17) is 5.11 Å². The molecule has 0 aliphatic rings. The molecular weight excluding hydrogens is 160 g/mol. The Balaban J connectivity index is -0.000000125. The van der Waals surface area contributed by atoms with Gasteiger partial charge >= 0.3 is 0 Å². The highest BCUT2D eigenvalue weighted by atomic mass is 16.2. The van der Waals surface area contributed by atoms with Crippen LogP contribution in [0.2, 0.25) is 0 Å². The Morgan fingerprint density at radius 2 is 0.846 bits per heavy atom. The van der Waals surface area contributed by atoms with Crippen molar-refractivity contribution in [3.63, 3.8) is 0 Å². The number of hydrogen-bond donors (Lipinski definition) is 1. The van der Waals surface area contributed by atoms with E-state index in [2.05, 4.69) is 27.7 Å². The normalized spacial score (nSPS) is 7.85. The lowest BCUT2D eigenvalue weighted by Crippen LogP contribution is -1.66.